The molecule has 1 fully saturated rings. The van der Waals surface area contributed by atoms with Crippen molar-refractivity contribution in [2.75, 3.05) is 19.7 Å². The molecule has 0 aromatic heterocycles. The normalized spacial score (nSPS) is 19.4. The van der Waals surface area contributed by atoms with Crippen molar-refractivity contribution in [3.05, 3.63) is 64.7 Å². The van der Waals surface area contributed by atoms with Crippen LogP contribution in [-0.4, -0.2) is 125 Å². The first-order chi connectivity index (χ1) is 34.6. The first kappa shape index (κ1) is 61.6. The Morgan fingerprint density at radius 1 is 0.653 bits per heavy atom. The molecule has 2 aromatic carbocycles. The van der Waals surface area contributed by atoms with Gasteiger partial charge in [-0.25, -0.2) is 0 Å². The highest BCUT2D eigenvalue weighted by Gasteiger charge is 2.47. The molecule has 0 saturated carbocycles. The predicted octanol–water partition coefficient (Wildman–Crippen LogP) is 3.78. The van der Waals surface area contributed by atoms with Crippen LogP contribution in [0.1, 0.15) is 158 Å². The van der Waals surface area contributed by atoms with E-state index in [1.807, 2.05) is 6.07 Å². The van der Waals surface area contributed by atoms with Gasteiger partial charge in [-0.05, 0) is 106 Å². The molecular weight excluding hydrogens is 923 g/mol. The van der Waals surface area contributed by atoms with Crippen molar-refractivity contribution >= 4 is 29.5 Å². The van der Waals surface area contributed by atoms with Crippen LogP contribution in [0.25, 0.3) is 0 Å². The third-order valence-electron chi connectivity index (χ3n) is 13.4. The highest BCUT2D eigenvalue weighted by Crippen LogP contribution is 2.24. The van der Waals surface area contributed by atoms with E-state index < -0.39 is 84.4 Å². The number of nitrogens with two attached hydrogens (primary N) is 3. The number of carbonyl (C=O) groups is 5. The van der Waals surface area contributed by atoms with E-state index in [0.717, 1.165) is 36.0 Å². The van der Waals surface area contributed by atoms with E-state index in [1.54, 1.807) is 50.2 Å². The first-order valence-electron chi connectivity index (χ1n) is 26.7. The number of hydrogen-bond acceptors (Lipinski definition) is 13. The number of phenols is 1. The number of aryl methyl sites for hydroxylation is 2. The van der Waals surface area contributed by atoms with Gasteiger partial charge < -0.3 is 68.4 Å². The first-order valence-corrected chi connectivity index (χ1v) is 26.7. The standard InChI is InChI=1S/C54H89N7O11/c1-4-5-6-7-8-9-10-11-12-13-14-15-16-24-31-71-54-47(65)45(63)46(64)48(72-54)53(70)58-30-23-21-28-43(60-50(67)41(56)35-40-36(2)32-39(62)33-37(40)3)51(68)61-44(34-38-25-18-17-19-26-38)52(69)59-42(49(57)66)27-20-22-29-55/h17-19,25-26,32-33,41-48,54,62-65H,4-16,20-24,27-31,34-35,55-56H2,1-3H3,(H2,57,66)(H,58,70)(H,59,69)(H,60,67)(H,61,68)/t41-,42-,43+,44-,45-,46-,47+,48-,54+/m0/s1. The highest BCUT2D eigenvalue weighted by atomic mass is 16.7. The molecule has 0 aliphatic carbocycles. The Kier molecular flexibility index (Phi) is 29.7. The highest BCUT2D eigenvalue weighted by molar-refractivity contribution is 5.94. The number of primary amides is 1. The molecule has 3 rings (SSSR count). The minimum Gasteiger partial charge on any atom is -0.508 e. The number of carbonyl (C=O) groups excluding carboxylic acids is 5. The molecule has 1 heterocycles. The van der Waals surface area contributed by atoms with Gasteiger partial charge in [0.1, 0.15) is 42.2 Å². The van der Waals surface area contributed by atoms with Crippen molar-refractivity contribution in [2.24, 2.45) is 17.2 Å². The van der Waals surface area contributed by atoms with Crippen LogP contribution >= 0.6 is 0 Å². The SMILES string of the molecule is CCCCCCCCCCCCCCCCO[C@@H]1O[C@H](C(=O)NCCCC[C@@H](NC(=O)[C@@H](N)Cc2c(C)cc(O)cc2C)C(=O)N[C@@H](Cc2ccccc2)C(=O)N[C@@H](CCCCN)C(N)=O)[C@@H](O)[C@H](O)[C@H]1O. The van der Waals surface area contributed by atoms with Gasteiger partial charge in [0.25, 0.3) is 5.91 Å². The molecule has 406 valence electrons. The lowest BCUT2D eigenvalue weighted by molar-refractivity contribution is -0.290. The second kappa shape index (κ2) is 34.7. The number of aliphatic hydroxyl groups is 3. The number of hydrogen-bond donors (Lipinski definition) is 11. The minimum absolute atomic E-state index is 0.0444. The molecule has 0 spiro atoms. The second-order valence-corrected chi connectivity index (χ2v) is 19.6. The molecule has 9 atom stereocenters. The van der Waals surface area contributed by atoms with Gasteiger partial charge in [-0.15, -0.1) is 0 Å². The van der Waals surface area contributed by atoms with Crippen molar-refractivity contribution in [1.29, 1.82) is 0 Å². The number of benzene rings is 2. The van der Waals surface area contributed by atoms with Crippen molar-refractivity contribution in [2.45, 2.75) is 217 Å². The molecular formula is C54H89N7O11. The lowest BCUT2D eigenvalue weighted by Gasteiger charge is -2.39. The van der Waals surface area contributed by atoms with Crippen LogP contribution in [0.4, 0.5) is 0 Å². The van der Waals surface area contributed by atoms with Gasteiger partial charge in [-0.3, -0.25) is 24.0 Å². The molecule has 0 radical (unpaired) electrons. The fourth-order valence-corrected chi connectivity index (χ4v) is 9.02. The van der Waals surface area contributed by atoms with E-state index >= 15 is 0 Å². The van der Waals surface area contributed by atoms with Crippen LogP contribution in [0, 0.1) is 13.8 Å². The maximum absolute atomic E-state index is 14.2. The largest absolute Gasteiger partial charge is 0.508 e. The van der Waals surface area contributed by atoms with Gasteiger partial charge in [0, 0.05) is 19.6 Å². The Labute approximate surface area is 427 Å². The average molecular weight is 1010 g/mol. The number of aromatic hydroxyl groups is 1. The molecule has 2 aromatic rings. The zero-order valence-electron chi connectivity index (χ0n) is 43.3. The van der Waals surface area contributed by atoms with Crippen LogP contribution in [0.15, 0.2) is 42.5 Å². The summed E-state index contributed by atoms with van der Waals surface area (Å²) in [5.74, 6) is -3.39. The van der Waals surface area contributed by atoms with Crippen LogP contribution in [-0.2, 0) is 46.3 Å². The summed E-state index contributed by atoms with van der Waals surface area (Å²) >= 11 is 0. The number of ether oxygens (including phenoxy) is 2. The number of phenolic OH excluding ortho intramolecular Hbond substituents is 1. The van der Waals surface area contributed by atoms with E-state index in [1.165, 1.54) is 64.2 Å². The fourth-order valence-electron chi connectivity index (χ4n) is 9.02. The molecule has 14 N–H and O–H groups in total. The maximum Gasteiger partial charge on any atom is 0.252 e. The number of unbranched alkanes of at least 4 members (excludes halogenated alkanes) is 15. The fraction of sp³-hybridized carbons (Fsp3) is 0.685. The molecule has 1 aliphatic rings. The summed E-state index contributed by atoms with van der Waals surface area (Å²) in [7, 11) is 0. The average Bonchev–Trinajstić information content (AvgIpc) is 3.35. The minimum atomic E-state index is -1.73. The predicted molar refractivity (Wildman–Crippen MR) is 277 cm³/mol. The van der Waals surface area contributed by atoms with Crippen LogP contribution in [0.2, 0.25) is 0 Å². The van der Waals surface area contributed by atoms with E-state index in [2.05, 4.69) is 28.2 Å². The van der Waals surface area contributed by atoms with Gasteiger partial charge >= 0.3 is 0 Å². The molecule has 1 saturated heterocycles. The van der Waals surface area contributed by atoms with Crippen molar-refractivity contribution < 1.29 is 53.9 Å². The molecule has 18 heteroatoms. The van der Waals surface area contributed by atoms with E-state index in [0.29, 0.717) is 31.4 Å². The van der Waals surface area contributed by atoms with Crippen molar-refractivity contribution in [3.63, 3.8) is 0 Å². The van der Waals surface area contributed by atoms with E-state index in [4.69, 9.17) is 26.7 Å². The summed E-state index contributed by atoms with van der Waals surface area (Å²) in [6, 6.07) is 7.58. The molecule has 0 unspecified atom stereocenters. The van der Waals surface area contributed by atoms with E-state index in [9.17, 15) is 44.4 Å². The lowest BCUT2D eigenvalue weighted by atomic mass is 9.95. The molecule has 0 bridgehead atoms. The molecule has 18 nitrogen and oxygen atoms in total. The van der Waals surface area contributed by atoms with Gasteiger partial charge in [0.05, 0.1) is 6.04 Å². The summed E-state index contributed by atoms with van der Waals surface area (Å²) in [4.78, 5) is 67.4. The Bertz CT molecular complexity index is 1890. The maximum atomic E-state index is 14.2. The Balaban J connectivity index is 1.60. The number of rotatable bonds is 37. The zero-order chi connectivity index (χ0) is 52.8. The monoisotopic (exact) mass is 1010 g/mol. The second-order valence-electron chi connectivity index (χ2n) is 19.6. The topological polar surface area (TPSA) is 311 Å². The summed E-state index contributed by atoms with van der Waals surface area (Å²) in [6.45, 7) is 6.51. The summed E-state index contributed by atoms with van der Waals surface area (Å²) in [6.07, 6.45) is 11.0. The van der Waals surface area contributed by atoms with Crippen LogP contribution < -0.4 is 38.5 Å². The Morgan fingerprint density at radius 3 is 1.76 bits per heavy atom. The number of amides is 5. The lowest BCUT2D eigenvalue weighted by Crippen LogP contribution is -2.62. The Hall–Kier alpha value is -4.69. The van der Waals surface area contributed by atoms with E-state index in [-0.39, 0.29) is 57.4 Å². The summed E-state index contributed by atoms with van der Waals surface area (Å²) in [5.41, 5.74) is 20.6. The van der Waals surface area contributed by atoms with Gasteiger partial charge in [-0.2, -0.15) is 0 Å². The summed E-state index contributed by atoms with van der Waals surface area (Å²) < 4.78 is 11.4. The zero-order valence-corrected chi connectivity index (χ0v) is 43.3. The quantitative estimate of drug-likeness (QED) is 0.0430. The third-order valence-corrected chi connectivity index (χ3v) is 13.4. The van der Waals surface area contributed by atoms with Gasteiger partial charge in [0.15, 0.2) is 12.4 Å². The third kappa shape index (κ3) is 22.6. The molecule has 1 aliphatic heterocycles. The van der Waals surface area contributed by atoms with Crippen molar-refractivity contribution in [1.82, 2.24) is 21.3 Å². The number of nitrogens with one attached hydrogen (secondary N) is 4. The van der Waals surface area contributed by atoms with Crippen molar-refractivity contribution in [3.8, 4) is 5.75 Å². The summed E-state index contributed by atoms with van der Waals surface area (Å²) in [5, 5.41) is 52.9. The smallest absolute Gasteiger partial charge is 0.252 e. The van der Waals surface area contributed by atoms with Crippen LogP contribution in [0.3, 0.4) is 0 Å². The molecule has 5 amide bonds. The number of aliphatic hydroxyl groups excluding tert-OH is 3. The van der Waals surface area contributed by atoms with Crippen LogP contribution in [0.5, 0.6) is 5.75 Å². The Morgan fingerprint density at radius 2 is 1.18 bits per heavy atom. The van der Waals surface area contributed by atoms with Gasteiger partial charge in [0.2, 0.25) is 23.6 Å². The van der Waals surface area contributed by atoms with Gasteiger partial charge in [-0.1, -0.05) is 121 Å². The molecule has 72 heavy (non-hydrogen) atoms.